The highest BCUT2D eigenvalue weighted by Gasteiger charge is 2.22. The lowest BCUT2D eigenvalue weighted by atomic mass is 9.92. The second-order valence-electron chi connectivity index (χ2n) is 5.33. The summed E-state index contributed by atoms with van der Waals surface area (Å²) >= 11 is 0. The normalized spacial score (nSPS) is 20.6. The van der Waals surface area contributed by atoms with E-state index in [-0.39, 0.29) is 0 Å². The van der Waals surface area contributed by atoms with E-state index in [1.54, 1.807) is 5.56 Å². The van der Waals surface area contributed by atoms with Crippen LogP contribution in [0, 0.1) is 0 Å². The lowest BCUT2D eigenvalue weighted by molar-refractivity contribution is 0.209. The van der Waals surface area contributed by atoms with Gasteiger partial charge in [0.05, 0.1) is 0 Å². The first-order valence-corrected chi connectivity index (χ1v) is 6.62. The van der Waals surface area contributed by atoms with Crippen molar-refractivity contribution in [1.82, 2.24) is 9.80 Å². The molecule has 0 aromatic heterocycles. The summed E-state index contributed by atoms with van der Waals surface area (Å²) in [4.78, 5) is 4.78. The molecule has 0 amide bonds. The van der Waals surface area contributed by atoms with Crippen molar-refractivity contribution in [2.45, 2.75) is 32.9 Å². The SMILES string of the molecule is CCN1CCc2cc(CN(C)C)ccc2C1C. The third-order valence-electron chi connectivity index (χ3n) is 3.78. The molecule has 0 fully saturated rings. The smallest absolute Gasteiger partial charge is 0.0322 e. The summed E-state index contributed by atoms with van der Waals surface area (Å²) in [6, 6.07) is 7.60. The van der Waals surface area contributed by atoms with Gasteiger partial charge in [0.1, 0.15) is 0 Å². The van der Waals surface area contributed by atoms with E-state index in [1.165, 1.54) is 24.1 Å². The Bertz CT molecular complexity index is 385. The fourth-order valence-electron chi connectivity index (χ4n) is 2.83. The second-order valence-corrected chi connectivity index (χ2v) is 5.33. The Morgan fingerprint density at radius 2 is 2.12 bits per heavy atom. The van der Waals surface area contributed by atoms with E-state index in [1.807, 2.05) is 0 Å². The number of fused-ring (bicyclic) bond motifs is 1. The molecule has 1 aliphatic heterocycles. The predicted molar refractivity (Wildman–Crippen MR) is 73.2 cm³/mol. The molecule has 0 spiro atoms. The molecular formula is C15H24N2. The van der Waals surface area contributed by atoms with Crippen molar-refractivity contribution in [3.63, 3.8) is 0 Å². The van der Waals surface area contributed by atoms with Crippen molar-refractivity contribution in [3.8, 4) is 0 Å². The molecule has 2 heteroatoms. The molecule has 0 bridgehead atoms. The van der Waals surface area contributed by atoms with E-state index in [0.29, 0.717) is 6.04 Å². The van der Waals surface area contributed by atoms with E-state index in [4.69, 9.17) is 0 Å². The van der Waals surface area contributed by atoms with Crippen LogP contribution in [0.15, 0.2) is 18.2 Å². The van der Waals surface area contributed by atoms with Crippen molar-refractivity contribution in [3.05, 3.63) is 34.9 Å². The maximum Gasteiger partial charge on any atom is 0.0322 e. The lowest BCUT2D eigenvalue weighted by Gasteiger charge is -2.34. The Kier molecular flexibility index (Phi) is 3.85. The van der Waals surface area contributed by atoms with E-state index in [9.17, 15) is 0 Å². The van der Waals surface area contributed by atoms with Crippen molar-refractivity contribution in [1.29, 1.82) is 0 Å². The van der Waals surface area contributed by atoms with Crippen LogP contribution in [0.25, 0.3) is 0 Å². The van der Waals surface area contributed by atoms with Gasteiger partial charge in [-0.05, 0) is 50.7 Å². The molecule has 0 radical (unpaired) electrons. The van der Waals surface area contributed by atoms with E-state index in [2.05, 4.69) is 55.9 Å². The van der Waals surface area contributed by atoms with Crippen molar-refractivity contribution >= 4 is 0 Å². The zero-order chi connectivity index (χ0) is 12.4. The molecule has 0 aliphatic carbocycles. The minimum absolute atomic E-state index is 0.581. The molecule has 0 N–H and O–H groups in total. The highest BCUT2D eigenvalue weighted by atomic mass is 15.1. The van der Waals surface area contributed by atoms with Gasteiger partial charge in [-0.3, -0.25) is 4.90 Å². The zero-order valence-corrected chi connectivity index (χ0v) is 11.5. The summed E-state index contributed by atoms with van der Waals surface area (Å²) in [5.41, 5.74) is 4.52. The van der Waals surface area contributed by atoms with Gasteiger partial charge >= 0.3 is 0 Å². The number of rotatable bonds is 3. The maximum absolute atomic E-state index is 2.55. The largest absolute Gasteiger partial charge is 0.305 e. The summed E-state index contributed by atoms with van der Waals surface area (Å²) < 4.78 is 0. The fourth-order valence-corrected chi connectivity index (χ4v) is 2.83. The Morgan fingerprint density at radius 3 is 2.76 bits per heavy atom. The molecule has 94 valence electrons. The summed E-state index contributed by atoms with van der Waals surface area (Å²) in [6.07, 6.45) is 1.20. The molecule has 0 saturated heterocycles. The number of nitrogens with zero attached hydrogens (tertiary/aromatic N) is 2. The Labute approximate surface area is 105 Å². The number of benzene rings is 1. The summed E-state index contributed by atoms with van der Waals surface area (Å²) in [6.45, 7) is 7.98. The fraction of sp³-hybridized carbons (Fsp3) is 0.600. The average Bonchev–Trinajstić information content (AvgIpc) is 2.28. The average molecular weight is 232 g/mol. The molecule has 1 aromatic rings. The topological polar surface area (TPSA) is 6.48 Å². The Hall–Kier alpha value is -0.860. The van der Waals surface area contributed by atoms with Crippen LogP contribution in [-0.2, 0) is 13.0 Å². The third-order valence-corrected chi connectivity index (χ3v) is 3.78. The zero-order valence-electron chi connectivity index (χ0n) is 11.5. The number of hydrogen-bond acceptors (Lipinski definition) is 2. The van der Waals surface area contributed by atoms with Crippen LogP contribution in [0.5, 0.6) is 0 Å². The van der Waals surface area contributed by atoms with Gasteiger partial charge in [-0.25, -0.2) is 0 Å². The van der Waals surface area contributed by atoms with Crippen LogP contribution in [0.2, 0.25) is 0 Å². The monoisotopic (exact) mass is 232 g/mol. The predicted octanol–water partition coefficient (Wildman–Crippen LogP) is 2.69. The van der Waals surface area contributed by atoms with Gasteiger partial charge in [0.15, 0.2) is 0 Å². The van der Waals surface area contributed by atoms with Crippen LogP contribution in [0.1, 0.15) is 36.6 Å². The van der Waals surface area contributed by atoms with Crippen LogP contribution < -0.4 is 0 Å². The molecule has 0 saturated carbocycles. The standard InChI is InChI=1S/C15H24N2/c1-5-17-9-8-14-10-13(11-16(3)4)6-7-15(14)12(17)2/h6-7,10,12H,5,8-9,11H2,1-4H3. The molecule has 2 nitrogen and oxygen atoms in total. The van der Waals surface area contributed by atoms with E-state index in [0.717, 1.165) is 13.1 Å². The van der Waals surface area contributed by atoms with Gasteiger partial charge in [-0.2, -0.15) is 0 Å². The number of hydrogen-bond donors (Lipinski definition) is 0. The molecule has 1 atom stereocenters. The van der Waals surface area contributed by atoms with Gasteiger partial charge in [-0.1, -0.05) is 25.1 Å². The summed E-state index contributed by atoms with van der Waals surface area (Å²) in [7, 11) is 4.25. The van der Waals surface area contributed by atoms with Crippen LogP contribution in [0.4, 0.5) is 0 Å². The Balaban J connectivity index is 2.23. The van der Waals surface area contributed by atoms with Gasteiger partial charge in [0.25, 0.3) is 0 Å². The van der Waals surface area contributed by atoms with Crippen molar-refractivity contribution < 1.29 is 0 Å². The molecule has 17 heavy (non-hydrogen) atoms. The number of likely N-dealkylation sites (N-methyl/N-ethyl adjacent to an activating group) is 1. The maximum atomic E-state index is 2.55. The molecule has 1 heterocycles. The second kappa shape index (κ2) is 5.19. The first-order chi connectivity index (χ1) is 8.11. The van der Waals surface area contributed by atoms with E-state index >= 15 is 0 Å². The van der Waals surface area contributed by atoms with Gasteiger partial charge in [0, 0.05) is 19.1 Å². The van der Waals surface area contributed by atoms with Crippen LogP contribution in [0.3, 0.4) is 0 Å². The van der Waals surface area contributed by atoms with E-state index < -0.39 is 0 Å². The summed E-state index contributed by atoms with van der Waals surface area (Å²) in [5.74, 6) is 0. The van der Waals surface area contributed by atoms with Gasteiger partial charge in [-0.15, -0.1) is 0 Å². The van der Waals surface area contributed by atoms with Gasteiger partial charge < -0.3 is 4.90 Å². The van der Waals surface area contributed by atoms with Gasteiger partial charge in [0.2, 0.25) is 0 Å². The molecule has 1 unspecified atom stereocenters. The van der Waals surface area contributed by atoms with Crippen LogP contribution in [-0.4, -0.2) is 37.0 Å². The lowest BCUT2D eigenvalue weighted by Crippen LogP contribution is -2.33. The first kappa shape index (κ1) is 12.6. The van der Waals surface area contributed by atoms with Crippen molar-refractivity contribution in [2.75, 3.05) is 27.2 Å². The highest BCUT2D eigenvalue weighted by molar-refractivity contribution is 5.36. The molecule has 2 rings (SSSR count). The summed E-state index contributed by atoms with van der Waals surface area (Å²) in [5, 5.41) is 0. The quantitative estimate of drug-likeness (QED) is 0.790. The van der Waals surface area contributed by atoms with Crippen LogP contribution >= 0.6 is 0 Å². The van der Waals surface area contributed by atoms with Crippen molar-refractivity contribution in [2.24, 2.45) is 0 Å². The minimum Gasteiger partial charge on any atom is -0.305 e. The third kappa shape index (κ3) is 2.70. The highest BCUT2D eigenvalue weighted by Crippen LogP contribution is 2.29. The molecular weight excluding hydrogens is 208 g/mol. The Morgan fingerprint density at radius 1 is 1.35 bits per heavy atom. The minimum atomic E-state index is 0.581. The molecule has 1 aliphatic rings. The first-order valence-electron chi connectivity index (χ1n) is 6.62. The molecule has 1 aromatic carbocycles.